The van der Waals surface area contributed by atoms with Gasteiger partial charge in [0.1, 0.15) is 0 Å². The van der Waals surface area contributed by atoms with Crippen LogP contribution in [0.2, 0.25) is 11.4 Å². The van der Waals surface area contributed by atoms with Gasteiger partial charge in [-0.1, -0.05) is 0 Å². The summed E-state index contributed by atoms with van der Waals surface area (Å²) in [5.74, 6) is 0.0521. The summed E-state index contributed by atoms with van der Waals surface area (Å²) >= 11 is -1.63. The number of aromatic nitrogens is 3. The molecule has 0 spiro atoms. The quantitative estimate of drug-likeness (QED) is 0.0720. The zero-order chi connectivity index (χ0) is 32.0. The minimum atomic E-state index is -5.69. The molecule has 5 rings (SSSR count). The van der Waals surface area contributed by atoms with Crippen molar-refractivity contribution >= 4 is 54.5 Å². The first-order chi connectivity index (χ1) is 20.6. The molecule has 8 nitrogen and oxygen atoms in total. The summed E-state index contributed by atoms with van der Waals surface area (Å²) in [7, 11) is -5.69. The SMILES string of the molecule is C[As](C)c1nc(N)nc2cc(-c3ccccc3C(F)(F)F)c3c(ccn3CCOCc3ccc(C(F)(F)P(=O)(O)O)cc3)c12. The summed E-state index contributed by atoms with van der Waals surface area (Å²) in [6.45, 7) is 0.368. The fourth-order valence-corrected chi connectivity index (χ4v) is 7.58. The number of benzene rings is 3. The molecule has 232 valence electrons. The van der Waals surface area contributed by atoms with Crippen molar-refractivity contribution < 1.29 is 41.0 Å². The number of nitrogens with two attached hydrogens (primary N) is 1. The normalized spacial score (nSPS) is 13.0. The average Bonchev–Trinajstić information content (AvgIpc) is 3.37. The van der Waals surface area contributed by atoms with Gasteiger partial charge in [0.2, 0.25) is 0 Å². The van der Waals surface area contributed by atoms with E-state index in [1.165, 1.54) is 24.3 Å². The fourth-order valence-electron chi connectivity index (χ4n) is 5.03. The van der Waals surface area contributed by atoms with Gasteiger partial charge in [-0.3, -0.25) is 4.57 Å². The van der Waals surface area contributed by atoms with Crippen molar-refractivity contribution in [2.75, 3.05) is 12.3 Å². The Kier molecular flexibility index (Phi) is 8.65. The summed E-state index contributed by atoms with van der Waals surface area (Å²) in [6.07, 6.45) is -2.85. The van der Waals surface area contributed by atoms with E-state index in [9.17, 15) is 26.5 Å². The summed E-state index contributed by atoms with van der Waals surface area (Å²) in [5.41, 5.74) is 6.04. The number of halogens is 5. The molecule has 0 amide bonds. The van der Waals surface area contributed by atoms with Gasteiger partial charge in [-0.2, -0.15) is 8.78 Å². The van der Waals surface area contributed by atoms with Gasteiger partial charge < -0.3 is 9.79 Å². The fraction of sp³-hybridized carbons (Fsp3) is 0.241. The number of anilines is 1. The number of hydrogen-bond acceptors (Lipinski definition) is 5. The Bertz CT molecular complexity index is 1890. The first-order valence-corrected chi connectivity index (χ1v) is 19.4. The predicted octanol–water partition coefficient (Wildman–Crippen LogP) is 6.26. The molecule has 44 heavy (non-hydrogen) atoms. The maximum atomic E-state index is 14.1. The molecule has 2 heterocycles. The molecule has 0 saturated heterocycles. The number of alkyl halides is 5. The van der Waals surface area contributed by atoms with Gasteiger partial charge in [-0.05, 0) is 0 Å². The third-order valence-corrected chi connectivity index (χ3v) is 10.5. The van der Waals surface area contributed by atoms with Crippen LogP contribution >= 0.6 is 7.60 Å². The van der Waals surface area contributed by atoms with E-state index in [4.69, 9.17) is 20.3 Å². The molecular weight excluding hydrogens is 669 g/mol. The molecular formula is C29H27AsF5N4O4P. The molecule has 4 N–H and O–H groups in total. The van der Waals surface area contributed by atoms with E-state index >= 15 is 0 Å². The first-order valence-electron chi connectivity index (χ1n) is 13.1. The second kappa shape index (κ2) is 11.9. The molecule has 0 aliphatic carbocycles. The Labute approximate surface area is 253 Å². The number of ether oxygens (including phenoxy) is 1. The number of fused-ring (bicyclic) bond motifs is 3. The van der Waals surface area contributed by atoms with Crippen molar-refractivity contribution in [3.05, 3.63) is 83.6 Å². The number of nitrogens with zero attached hydrogens (tertiary/aromatic N) is 3. The molecule has 0 saturated carbocycles. The van der Waals surface area contributed by atoms with Crippen molar-refractivity contribution in [2.45, 2.75) is 36.4 Å². The van der Waals surface area contributed by atoms with Gasteiger partial charge in [0.25, 0.3) is 0 Å². The number of rotatable bonds is 9. The van der Waals surface area contributed by atoms with Crippen LogP contribution < -0.4 is 10.2 Å². The van der Waals surface area contributed by atoms with Crippen LogP contribution in [0.15, 0.2) is 66.9 Å². The summed E-state index contributed by atoms with van der Waals surface area (Å²) in [4.78, 5) is 26.7. The molecule has 0 atom stereocenters. The van der Waals surface area contributed by atoms with Gasteiger partial charge in [0.15, 0.2) is 0 Å². The second-order valence-electron chi connectivity index (χ2n) is 10.3. The predicted molar refractivity (Wildman–Crippen MR) is 159 cm³/mol. The van der Waals surface area contributed by atoms with Gasteiger partial charge >= 0.3 is 225 Å². The van der Waals surface area contributed by atoms with Crippen LogP contribution in [0.25, 0.3) is 32.9 Å². The van der Waals surface area contributed by atoms with Crippen molar-refractivity contribution in [1.82, 2.24) is 14.5 Å². The molecule has 0 fully saturated rings. The van der Waals surface area contributed by atoms with Crippen molar-refractivity contribution in [2.24, 2.45) is 0 Å². The molecule has 0 radical (unpaired) electrons. The minimum absolute atomic E-state index is 0.00412. The maximum absolute atomic E-state index is 14.1. The third kappa shape index (κ3) is 6.12. The van der Waals surface area contributed by atoms with Crippen LogP contribution in [0.3, 0.4) is 0 Å². The van der Waals surface area contributed by atoms with E-state index in [0.717, 1.165) is 28.1 Å². The molecule has 0 unspecified atom stereocenters. The average molecular weight is 696 g/mol. The van der Waals surface area contributed by atoms with Crippen molar-refractivity contribution in [3.8, 4) is 11.1 Å². The van der Waals surface area contributed by atoms with Crippen LogP contribution in [0.1, 0.15) is 16.7 Å². The van der Waals surface area contributed by atoms with E-state index in [2.05, 4.69) is 21.4 Å². The molecule has 5 aromatic rings. The molecule has 0 bridgehead atoms. The van der Waals surface area contributed by atoms with Crippen molar-refractivity contribution in [3.63, 3.8) is 0 Å². The van der Waals surface area contributed by atoms with Crippen LogP contribution in [0.4, 0.5) is 27.9 Å². The van der Waals surface area contributed by atoms with Crippen LogP contribution in [-0.4, -0.2) is 45.6 Å². The summed E-state index contributed by atoms with van der Waals surface area (Å²) < 4.78 is 89.7. The van der Waals surface area contributed by atoms with E-state index in [1.54, 1.807) is 22.9 Å². The topological polar surface area (TPSA) is 123 Å². The molecule has 3 aromatic carbocycles. The number of nitrogen functional groups attached to an aromatic ring is 1. The molecule has 15 heteroatoms. The third-order valence-electron chi connectivity index (χ3n) is 7.06. The Morgan fingerprint density at radius 3 is 2.30 bits per heavy atom. The van der Waals surface area contributed by atoms with Gasteiger partial charge in [0.05, 0.1) is 0 Å². The zero-order valence-corrected chi connectivity index (χ0v) is 26.2. The van der Waals surface area contributed by atoms with Gasteiger partial charge in [-0.15, -0.1) is 0 Å². The van der Waals surface area contributed by atoms with Crippen molar-refractivity contribution in [1.29, 1.82) is 0 Å². The second-order valence-corrected chi connectivity index (χ2v) is 16.6. The monoisotopic (exact) mass is 696 g/mol. The van der Waals surface area contributed by atoms with Crippen LogP contribution in [0, 0.1) is 0 Å². The number of hydrogen-bond donors (Lipinski definition) is 3. The Morgan fingerprint density at radius 1 is 0.977 bits per heavy atom. The van der Waals surface area contributed by atoms with Gasteiger partial charge in [-0.25, -0.2) is 0 Å². The van der Waals surface area contributed by atoms with Crippen LogP contribution in [-0.2, 0) is 34.3 Å². The Hall–Kier alpha value is -3.34. The summed E-state index contributed by atoms with van der Waals surface area (Å²) in [5, 5.41) is 1.44. The molecule has 2 aromatic heterocycles. The van der Waals surface area contributed by atoms with Gasteiger partial charge in [0, 0.05) is 5.56 Å². The Balaban J connectivity index is 1.50. The van der Waals surface area contributed by atoms with E-state index in [1.807, 2.05) is 6.07 Å². The van der Waals surface area contributed by atoms with E-state index in [0.29, 0.717) is 27.5 Å². The molecule has 0 aliphatic heterocycles. The van der Waals surface area contributed by atoms with E-state index < -0.39 is 45.2 Å². The standard InChI is InChI=1S/C29H27AsF5N4O4P/c1-30(2)26-24-20-11-12-39(13-14-43-16-17-7-9-18(10-8-17)29(34,35)44(40,41)42)25(20)21(15-23(24)37-27(36)38-26)19-5-3-4-6-22(19)28(31,32)33/h3-12,15H,13-14,16H2,1-2H3,(H2,36,37,38)(H2,40,41,42). The molecule has 0 aliphatic rings. The van der Waals surface area contributed by atoms with E-state index in [-0.39, 0.29) is 31.3 Å². The zero-order valence-electron chi connectivity index (χ0n) is 23.4. The summed E-state index contributed by atoms with van der Waals surface area (Å²) in [6, 6.07) is 13.2. The Morgan fingerprint density at radius 2 is 1.66 bits per heavy atom. The first kappa shape index (κ1) is 32.1. The van der Waals surface area contributed by atoms with Crippen LogP contribution in [0.5, 0.6) is 0 Å².